The van der Waals surface area contributed by atoms with Crippen molar-refractivity contribution < 1.29 is 19.3 Å². The quantitative estimate of drug-likeness (QED) is 0.521. The first-order chi connectivity index (χ1) is 13.8. The zero-order valence-electron chi connectivity index (χ0n) is 15.1. The number of hydroxylamine groups is 2. The van der Waals surface area contributed by atoms with Crippen LogP contribution in [0.3, 0.4) is 0 Å². The minimum Gasteiger partial charge on any atom is -0.467 e. The van der Waals surface area contributed by atoms with Gasteiger partial charge in [0.1, 0.15) is 18.1 Å². The van der Waals surface area contributed by atoms with Crippen molar-refractivity contribution in [3.8, 4) is 0 Å². The first kappa shape index (κ1) is 18.0. The minimum atomic E-state index is -0.704. The normalized spacial score (nSPS) is 20.8. The molecule has 1 aliphatic rings. The Labute approximate surface area is 162 Å². The van der Waals surface area contributed by atoms with E-state index in [1.807, 2.05) is 60.7 Å². The Morgan fingerprint density at radius 1 is 0.964 bits per heavy atom. The van der Waals surface area contributed by atoms with Gasteiger partial charge in [0.15, 0.2) is 6.04 Å². The third-order valence-corrected chi connectivity index (χ3v) is 4.81. The van der Waals surface area contributed by atoms with Crippen LogP contribution in [0.25, 0.3) is 0 Å². The van der Waals surface area contributed by atoms with Crippen LogP contribution in [0.1, 0.15) is 22.9 Å². The van der Waals surface area contributed by atoms with E-state index in [1.165, 1.54) is 11.3 Å². The van der Waals surface area contributed by atoms with Gasteiger partial charge in [-0.1, -0.05) is 65.8 Å². The molecule has 1 aliphatic heterocycles. The van der Waals surface area contributed by atoms with Gasteiger partial charge in [-0.2, -0.15) is 0 Å². The van der Waals surface area contributed by atoms with Gasteiger partial charge in [0.2, 0.25) is 0 Å². The average Bonchev–Trinajstić information content (AvgIpc) is 3.35. The summed E-state index contributed by atoms with van der Waals surface area (Å²) in [5, 5.41) is 14.5. The zero-order valence-corrected chi connectivity index (χ0v) is 15.1. The number of oxime groups is 1. The summed E-state index contributed by atoms with van der Waals surface area (Å²) in [6.07, 6.45) is 1.94. The average molecular weight is 376 g/mol. The Balaban J connectivity index is 1.63. The second kappa shape index (κ2) is 8.10. The van der Waals surface area contributed by atoms with E-state index in [4.69, 9.17) is 9.25 Å². The van der Waals surface area contributed by atoms with Crippen LogP contribution in [-0.4, -0.2) is 21.9 Å². The molecule has 1 saturated heterocycles. The molecule has 2 unspecified atom stereocenters. The van der Waals surface area contributed by atoms with E-state index < -0.39 is 12.0 Å². The molecule has 142 valence electrons. The van der Waals surface area contributed by atoms with Crippen molar-refractivity contribution in [2.75, 3.05) is 0 Å². The van der Waals surface area contributed by atoms with Gasteiger partial charge < -0.3 is 9.62 Å². The Bertz CT molecular complexity index is 939. The predicted octanol–water partition coefficient (Wildman–Crippen LogP) is 3.98. The lowest BCUT2D eigenvalue weighted by Gasteiger charge is -2.22. The fourth-order valence-electron chi connectivity index (χ4n) is 3.45. The Kier molecular flexibility index (Phi) is 5.21. The second-order valence-corrected chi connectivity index (χ2v) is 6.61. The largest absolute Gasteiger partial charge is 0.467 e. The highest BCUT2D eigenvalue weighted by Gasteiger charge is 2.49. The van der Waals surface area contributed by atoms with E-state index >= 15 is 0 Å². The van der Waals surface area contributed by atoms with E-state index in [0.717, 1.165) is 11.1 Å². The summed E-state index contributed by atoms with van der Waals surface area (Å²) in [4.78, 5) is 19.0. The number of benzene rings is 2. The van der Waals surface area contributed by atoms with Crippen LogP contribution in [-0.2, 0) is 22.7 Å². The molecule has 2 heterocycles. The smallest absolute Gasteiger partial charge is 0.256 e. The summed E-state index contributed by atoms with van der Waals surface area (Å²) in [5.41, 5.74) is 2.23. The summed E-state index contributed by atoms with van der Waals surface area (Å²) in [5.74, 6) is -0.392. The second-order valence-electron chi connectivity index (χ2n) is 6.61. The molecule has 1 N–H and O–H groups in total. The molecule has 0 spiro atoms. The number of rotatable bonds is 6. The molecule has 1 amide bonds. The maximum atomic E-state index is 13.2. The highest BCUT2D eigenvalue weighted by atomic mass is 16.7. The van der Waals surface area contributed by atoms with Gasteiger partial charge in [0, 0.05) is 0 Å². The third kappa shape index (κ3) is 3.54. The number of hydrogen-bond acceptors (Lipinski definition) is 5. The Hall–Kier alpha value is -3.38. The van der Waals surface area contributed by atoms with Crippen LogP contribution in [0, 0.1) is 5.92 Å². The fraction of sp³-hybridized carbons (Fsp3) is 0.182. The molecule has 0 radical (unpaired) electrons. The van der Waals surface area contributed by atoms with Crippen molar-refractivity contribution in [1.29, 1.82) is 0 Å². The molecule has 28 heavy (non-hydrogen) atoms. The van der Waals surface area contributed by atoms with E-state index in [2.05, 4.69) is 5.16 Å². The number of carbonyl (C=O) groups excluding carboxylic acids is 1. The zero-order chi connectivity index (χ0) is 19.3. The molecule has 2 atom stereocenters. The van der Waals surface area contributed by atoms with E-state index in [-0.39, 0.29) is 12.5 Å². The third-order valence-electron chi connectivity index (χ3n) is 4.81. The molecule has 2 aromatic carbocycles. The van der Waals surface area contributed by atoms with Gasteiger partial charge >= 0.3 is 0 Å². The SMILES string of the molecule is O=C1C(Cc2ccccc2)C(=NO)C(c2ccco2)N1OCc1ccccc1. The van der Waals surface area contributed by atoms with Gasteiger partial charge in [-0.15, -0.1) is 0 Å². The van der Waals surface area contributed by atoms with Gasteiger partial charge in [-0.25, -0.2) is 5.06 Å². The first-order valence-corrected chi connectivity index (χ1v) is 9.07. The highest BCUT2D eigenvalue weighted by Crippen LogP contribution is 2.36. The minimum absolute atomic E-state index is 0.223. The monoisotopic (exact) mass is 376 g/mol. The van der Waals surface area contributed by atoms with E-state index in [0.29, 0.717) is 17.9 Å². The molecule has 1 aromatic heterocycles. The molecular formula is C22H20N2O4. The number of furan rings is 1. The maximum absolute atomic E-state index is 13.2. The van der Waals surface area contributed by atoms with Gasteiger partial charge in [0.05, 0.1) is 12.2 Å². The topological polar surface area (TPSA) is 75.3 Å². The van der Waals surface area contributed by atoms with Crippen LogP contribution in [0.4, 0.5) is 0 Å². The molecular weight excluding hydrogens is 356 g/mol. The Morgan fingerprint density at radius 3 is 2.25 bits per heavy atom. The van der Waals surface area contributed by atoms with Crippen molar-refractivity contribution in [1.82, 2.24) is 5.06 Å². The molecule has 3 aromatic rings. The summed E-state index contributed by atoms with van der Waals surface area (Å²) in [6, 6.07) is 22.0. The van der Waals surface area contributed by atoms with Gasteiger partial charge in [0.25, 0.3) is 5.91 Å². The summed E-state index contributed by atoms with van der Waals surface area (Å²) < 4.78 is 5.51. The van der Waals surface area contributed by atoms with Crippen molar-refractivity contribution >= 4 is 11.6 Å². The van der Waals surface area contributed by atoms with Gasteiger partial charge in [-0.05, 0) is 29.7 Å². The van der Waals surface area contributed by atoms with Crippen LogP contribution >= 0.6 is 0 Å². The van der Waals surface area contributed by atoms with Crippen molar-refractivity contribution in [2.45, 2.75) is 19.1 Å². The molecule has 0 aliphatic carbocycles. The van der Waals surface area contributed by atoms with E-state index in [9.17, 15) is 10.0 Å². The molecule has 6 nitrogen and oxygen atoms in total. The number of hydrogen-bond donors (Lipinski definition) is 1. The predicted molar refractivity (Wildman–Crippen MR) is 102 cm³/mol. The lowest BCUT2D eigenvalue weighted by atomic mass is 9.93. The molecule has 0 saturated carbocycles. The van der Waals surface area contributed by atoms with Crippen LogP contribution in [0.5, 0.6) is 0 Å². The fourth-order valence-corrected chi connectivity index (χ4v) is 3.45. The van der Waals surface area contributed by atoms with Gasteiger partial charge in [-0.3, -0.25) is 9.63 Å². The molecule has 0 bridgehead atoms. The number of carbonyl (C=O) groups is 1. The number of nitrogens with zero attached hydrogens (tertiary/aromatic N) is 2. The lowest BCUT2D eigenvalue weighted by Crippen LogP contribution is -2.30. The molecule has 4 rings (SSSR count). The summed E-state index contributed by atoms with van der Waals surface area (Å²) in [6.45, 7) is 0.223. The highest BCUT2D eigenvalue weighted by molar-refractivity contribution is 6.12. The van der Waals surface area contributed by atoms with Crippen molar-refractivity contribution in [3.63, 3.8) is 0 Å². The van der Waals surface area contributed by atoms with E-state index in [1.54, 1.807) is 12.1 Å². The van der Waals surface area contributed by atoms with Crippen molar-refractivity contribution in [3.05, 3.63) is 95.9 Å². The molecule has 6 heteroatoms. The Morgan fingerprint density at radius 2 is 1.64 bits per heavy atom. The lowest BCUT2D eigenvalue weighted by molar-refractivity contribution is -0.196. The molecule has 1 fully saturated rings. The van der Waals surface area contributed by atoms with Crippen LogP contribution in [0.2, 0.25) is 0 Å². The first-order valence-electron chi connectivity index (χ1n) is 9.07. The van der Waals surface area contributed by atoms with Crippen LogP contribution < -0.4 is 0 Å². The van der Waals surface area contributed by atoms with Crippen molar-refractivity contribution in [2.24, 2.45) is 11.1 Å². The standard InChI is InChI=1S/C22H20N2O4/c25-22-18(14-16-8-3-1-4-9-16)20(23-26)21(19-12-7-13-27-19)24(22)28-15-17-10-5-2-6-11-17/h1-13,18,21,26H,14-15H2. The summed E-state index contributed by atoms with van der Waals surface area (Å²) in [7, 11) is 0. The number of amides is 1. The van der Waals surface area contributed by atoms with Crippen LogP contribution in [0.15, 0.2) is 88.6 Å². The summed E-state index contributed by atoms with van der Waals surface area (Å²) >= 11 is 0. The maximum Gasteiger partial charge on any atom is 0.256 e.